The molecule has 1 saturated carbocycles. The van der Waals surface area contributed by atoms with E-state index < -0.39 is 8.32 Å². The fraction of sp³-hybridized carbons (Fsp3) is 0.680. The standard InChI is InChI=1S/C25H42NO3Si.Li/c1-18(2)26(19(3)4)24(27)28-22-15-16-23(29-30(8,9)25(5,6)7)21(22)17-20-13-11-10-12-14-20;/h10-14,17-19,21-23H,15-16H2,1-9H3;/q-1;+1/t21-,22+,23+;/m0./s1. The van der Waals surface area contributed by atoms with E-state index in [0.717, 1.165) is 18.4 Å². The molecule has 1 amide bonds. The van der Waals surface area contributed by atoms with Crippen LogP contribution < -0.4 is 18.9 Å². The molecule has 6 heteroatoms. The Balaban J connectivity index is 0.00000480. The van der Waals surface area contributed by atoms with Gasteiger partial charge >= 0.3 is 25.0 Å². The van der Waals surface area contributed by atoms with Crippen LogP contribution in [-0.2, 0) is 9.16 Å². The van der Waals surface area contributed by atoms with Crippen molar-refractivity contribution in [2.75, 3.05) is 0 Å². The summed E-state index contributed by atoms with van der Waals surface area (Å²) in [5.74, 6) is 0.0617. The largest absolute Gasteiger partial charge is 1.00 e. The molecule has 0 unspecified atom stereocenters. The van der Waals surface area contributed by atoms with Crippen molar-refractivity contribution in [2.45, 2.75) is 104 Å². The van der Waals surface area contributed by atoms with Crippen molar-refractivity contribution in [3.63, 3.8) is 0 Å². The Morgan fingerprint density at radius 3 is 2.03 bits per heavy atom. The molecular weight excluding hydrogens is 397 g/mol. The molecular formula is C25H42LiNO3Si. The van der Waals surface area contributed by atoms with Crippen LogP contribution in [0.5, 0.6) is 0 Å². The fourth-order valence-corrected chi connectivity index (χ4v) is 5.38. The van der Waals surface area contributed by atoms with Gasteiger partial charge in [0.05, 0.1) is 0 Å². The summed E-state index contributed by atoms with van der Waals surface area (Å²) in [7, 11) is -1.93. The maximum Gasteiger partial charge on any atom is 1.00 e. The average molecular weight is 440 g/mol. The van der Waals surface area contributed by atoms with Crippen molar-refractivity contribution in [1.29, 1.82) is 0 Å². The second kappa shape index (κ2) is 11.3. The molecule has 1 aromatic rings. The zero-order valence-corrected chi connectivity index (χ0v) is 22.4. The van der Waals surface area contributed by atoms with E-state index in [4.69, 9.17) is 9.16 Å². The van der Waals surface area contributed by atoms with Gasteiger partial charge in [-0.3, -0.25) is 0 Å². The molecule has 2 rings (SSSR count). The molecule has 4 nitrogen and oxygen atoms in total. The fourth-order valence-electron chi connectivity index (χ4n) is 3.99. The molecule has 0 radical (unpaired) electrons. The minimum absolute atomic E-state index is 0. The van der Waals surface area contributed by atoms with Gasteiger partial charge in [0.25, 0.3) is 0 Å². The Morgan fingerprint density at radius 1 is 1.03 bits per heavy atom. The Hall–Kier alpha value is -0.866. The minimum atomic E-state index is -1.93. The van der Waals surface area contributed by atoms with Crippen LogP contribution in [0.25, 0.3) is 0 Å². The van der Waals surface area contributed by atoms with Crippen LogP contribution in [0.4, 0.5) is 4.79 Å². The normalized spacial score (nSPS) is 21.7. The van der Waals surface area contributed by atoms with Gasteiger partial charge in [-0.1, -0.05) is 26.8 Å². The number of benzene rings is 1. The van der Waals surface area contributed by atoms with Crippen LogP contribution in [0, 0.1) is 12.3 Å². The van der Waals surface area contributed by atoms with E-state index in [0.29, 0.717) is 0 Å². The zero-order valence-electron chi connectivity index (χ0n) is 21.4. The van der Waals surface area contributed by atoms with E-state index in [-0.39, 0.29) is 60.2 Å². The van der Waals surface area contributed by atoms with E-state index in [2.05, 4.69) is 52.4 Å². The quantitative estimate of drug-likeness (QED) is 0.481. The maximum absolute atomic E-state index is 13.0. The van der Waals surface area contributed by atoms with Crippen LogP contribution in [0.2, 0.25) is 18.1 Å². The van der Waals surface area contributed by atoms with Crippen molar-refractivity contribution < 1.29 is 32.8 Å². The predicted octanol–water partition coefficient (Wildman–Crippen LogP) is 3.67. The maximum atomic E-state index is 13.0. The van der Waals surface area contributed by atoms with Crippen molar-refractivity contribution >= 4 is 14.4 Å². The molecule has 1 fully saturated rings. The van der Waals surface area contributed by atoms with Gasteiger partial charge in [-0.15, -0.1) is 12.1 Å². The number of ether oxygens (including phenoxy) is 1. The van der Waals surface area contributed by atoms with E-state index in [9.17, 15) is 4.79 Å². The molecule has 0 spiro atoms. The van der Waals surface area contributed by atoms with Crippen molar-refractivity contribution in [3.05, 3.63) is 42.3 Å². The number of hydrogen-bond donors (Lipinski definition) is 0. The topological polar surface area (TPSA) is 38.8 Å². The summed E-state index contributed by atoms with van der Waals surface area (Å²) in [6, 6.07) is 10.5. The number of hydrogen-bond acceptors (Lipinski definition) is 3. The third kappa shape index (κ3) is 7.32. The van der Waals surface area contributed by atoms with Gasteiger partial charge in [-0.05, 0) is 64.6 Å². The van der Waals surface area contributed by atoms with Crippen molar-refractivity contribution in [2.24, 2.45) is 5.92 Å². The van der Waals surface area contributed by atoms with Gasteiger partial charge in [0, 0.05) is 18.2 Å². The molecule has 170 valence electrons. The van der Waals surface area contributed by atoms with Gasteiger partial charge < -0.3 is 14.1 Å². The molecule has 0 aliphatic heterocycles. The molecule has 0 bridgehead atoms. The van der Waals surface area contributed by atoms with Gasteiger partial charge in [-0.2, -0.15) is 24.1 Å². The van der Waals surface area contributed by atoms with E-state index in [1.807, 2.05) is 50.8 Å². The van der Waals surface area contributed by atoms with Gasteiger partial charge in [0.1, 0.15) is 6.10 Å². The summed E-state index contributed by atoms with van der Waals surface area (Å²) >= 11 is 0. The van der Waals surface area contributed by atoms with E-state index in [1.165, 1.54) is 0 Å². The third-order valence-electron chi connectivity index (χ3n) is 6.61. The molecule has 1 aromatic carbocycles. The summed E-state index contributed by atoms with van der Waals surface area (Å²) in [4.78, 5) is 14.8. The van der Waals surface area contributed by atoms with Crippen LogP contribution in [0.1, 0.15) is 66.9 Å². The smallest absolute Gasteiger partial charge is 0.446 e. The van der Waals surface area contributed by atoms with Crippen LogP contribution >= 0.6 is 0 Å². The minimum Gasteiger partial charge on any atom is -0.446 e. The zero-order chi connectivity index (χ0) is 22.7. The number of amides is 1. The number of nitrogens with zero attached hydrogens (tertiary/aromatic N) is 1. The molecule has 0 saturated heterocycles. The SMILES string of the molecule is CC(C)N(C(=O)O[C@@H]1CC[C@@H](O[Si](C)(C)C(C)(C)C)[C@H]1[CH-]c1ccccc1)C(C)C.[Li+]. The average Bonchev–Trinajstić information content (AvgIpc) is 2.95. The Bertz CT molecular complexity index is 680. The third-order valence-corrected chi connectivity index (χ3v) is 11.1. The van der Waals surface area contributed by atoms with Crippen molar-refractivity contribution in [1.82, 2.24) is 4.90 Å². The summed E-state index contributed by atoms with van der Waals surface area (Å²) in [6.07, 6.45) is 3.70. The van der Waals surface area contributed by atoms with E-state index in [1.54, 1.807) is 0 Å². The monoisotopic (exact) mass is 439 g/mol. The molecule has 0 heterocycles. The molecule has 0 aromatic heterocycles. The number of rotatable bonds is 7. The summed E-state index contributed by atoms with van der Waals surface area (Å²) < 4.78 is 12.9. The Kier molecular flexibility index (Phi) is 10.3. The molecule has 1 aliphatic carbocycles. The number of carbonyl (C=O) groups is 1. The first-order valence-corrected chi connectivity index (χ1v) is 14.3. The predicted molar refractivity (Wildman–Crippen MR) is 127 cm³/mol. The second-order valence-corrected chi connectivity index (χ2v) is 15.4. The van der Waals surface area contributed by atoms with Crippen LogP contribution in [0.3, 0.4) is 0 Å². The van der Waals surface area contributed by atoms with Crippen LogP contribution in [-0.4, -0.2) is 43.6 Å². The molecule has 1 aliphatic rings. The summed E-state index contributed by atoms with van der Waals surface area (Å²) in [5, 5.41) is 0.144. The summed E-state index contributed by atoms with van der Waals surface area (Å²) in [5.41, 5.74) is 1.15. The Labute approximate surface area is 203 Å². The first-order chi connectivity index (χ1) is 13.8. The second-order valence-electron chi connectivity index (χ2n) is 10.7. The molecule has 0 N–H and O–H groups in total. The van der Waals surface area contributed by atoms with E-state index >= 15 is 0 Å². The Morgan fingerprint density at radius 2 is 1.55 bits per heavy atom. The van der Waals surface area contributed by atoms with Gasteiger partial charge in [0.2, 0.25) is 0 Å². The molecule has 31 heavy (non-hydrogen) atoms. The first kappa shape index (κ1) is 28.2. The summed E-state index contributed by atoms with van der Waals surface area (Å²) in [6.45, 7) is 19.5. The number of carbonyl (C=O) groups excluding carboxylic acids is 1. The van der Waals surface area contributed by atoms with Gasteiger partial charge in [0.15, 0.2) is 8.32 Å². The van der Waals surface area contributed by atoms with Crippen molar-refractivity contribution in [3.8, 4) is 0 Å². The van der Waals surface area contributed by atoms with Crippen LogP contribution in [0.15, 0.2) is 30.3 Å². The molecule has 3 atom stereocenters. The van der Waals surface area contributed by atoms with Gasteiger partial charge in [-0.25, -0.2) is 4.79 Å². The first-order valence-electron chi connectivity index (χ1n) is 11.4.